The summed E-state index contributed by atoms with van der Waals surface area (Å²) in [7, 11) is -7.84. The first kappa shape index (κ1) is 21.5. The molecule has 1 unspecified atom stereocenters. The standard InChI is InChI=1S/C16H17N3O7S2/c1-10(15(20)19-12-3-2-4-14(9-12)28(18,24)25)26-16(21)11-5-7-13(8-6-11)27(17,22)23/h2-10H,1H3,(H,19,20)(H2,17,22,23)(H2,18,24,25). The number of nitrogens with one attached hydrogen (secondary N) is 1. The maximum atomic E-state index is 12.2. The van der Waals surface area contributed by atoms with Gasteiger partial charge in [-0.1, -0.05) is 6.07 Å². The van der Waals surface area contributed by atoms with Crippen molar-refractivity contribution in [3.8, 4) is 0 Å². The van der Waals surface area contributed by atoms with Crippen molar-refractivity contribution in [2.45, 2.75) is 22.8 Å². The fraction of sp³-hybridized carbons (Fsp3) is 0.125. The van der Waals surface area contributed by atoms with E-state index < -0.39 is 38.0 Å². The molecule has 0 saturated carbocycles. The van der Waals surface area contributed by atoms with Crippen molar-refractivity contribution >= 4 is 37.6 Å². The molecule has 28 heavy (non-hydrogen) atoms. The van der Waals surface area contributed by atoms with Gasteiger partial charge in [0.25, 0.3) is 5.91 Å². The summed E-state index contributed by atoms with van der Waals surface area (Å²) < 4.78 is 50.1. The Morgan fingerprint density at radius 3 is 2.04 bits per heavy atom. The molecule has 2 aromatic rings. The summed E-state index contributed by atoms with van der Waals surface area (Å²) in [5.74, 6) is -1.57. The lowest BCUT2D eigenvalue weighted by Crippen LogP contribution is -2.30. The van der Waals surface area contributed by atoms with Gasteiger partial charge in [0.2, 0.25) is 20.0 Å². The second-order valence-electron chi connectivity index (χ2n) is 5.68. The van der Waals surface area contributed by atoms with E-state index in [0.29, 0.717) is 0 Å². The van der Waals surface area contributed by atoms with Gasteiger partial charge in [-0.3, -0.25) is 4.79 Å². The van der Waals surface area contributed by atoms with Gasteiger partial charge in [-0.2, -0.15) is 0 Å². The summed E-state index contributed by atoms with van der Waals surface area (Å²) in [6, 6.07) is 9.91. The van der Waals surface area contributed by atoms with Crippen LogP contribution in [0.1, 0.15) is 17.3 Å². The number of sulfonamides is 2. The zero-order valence-corrected chi connectivity index (χ0v) is 16.2. The molecule has 2 rings (SSSR count). The molecule has 0 aliphatic heterocycles. The van der Waals surface area contributed by atoms with Crippen molar-refractivity contribution in [1.82, 2.24) is 0 Å². The van der Waals surface area contributed by atoms with Crippen LogP contribution in [-0.2, 0) is 29.6 Å². The number of carbonyl (C=O) groups excluding carboxylic acids is 2. The van der Waals surface area contributed by atoms with Crippen molar-refractivity contribution in [2.75, 3.05) is 5.32 Å². The molecule has 12 heteroatoms. The second kappa shape index (κ2) is 8.06. The third-order valence-corrected chi connectivity index (χ3v) is 5.34. The van der Waals surface area contributed by atoms with Crippen molar-refractivity contribution in [2.24, 2.45) is 10.3 Å². The minimum absolute atomic E-state index is 0.0169. The summed E-state index contributed by atoms with van der Waals surface area (Å²) in [4.78, 5) is 23.9. The van der Waals surface area contributed by atoms with Crippen molar-refractivity contribution in [3.63, 3.8) is 0 Å². The van der Waals surface area contributed by atoms with E-state index in [9.17, 15) is 26.4 Å². The van der Waals surface area contributed by atoms with Gasteiger partial charge >= 0.3 is 5.97 Å². The molecule has 0 bridgehead atoms. The van der Waals surface area contributed by atoms with Crippen LogP contribution in [0.3, 0.4) is 0 Å². The lowest BCUT2D eigenvalue weighted by molar-refractivity contribution is -0.123. The van der Waals surface area contributed by atoms with Crippen LogP contribution in [0.5, 0.6) is 0 Å². The molecule has 5 N–H and O–H groups in total. The highest BCUT2D eigenvalue weighted by molar-refractivity contribution is 7.89. The van der Waals surface area contributed by atoms with Gasteiger partial charge in [0.1, 0.15) is 0 Å². The summed E-state index contributed by atoms with van der Waals surface area (Å²) in [6.45, 7) is 1.31. The highest BCUT2D eigenvalue weighted by Gasteiger charge is 2.20. The lowest BCUT2D eigenvalue weighted by atomic mass is 10.2. The number of rotatable bonds is 6. The van der Waals surface area contributed by atoms with E-state index in [1.165, 1.54) is 37.3 Å². The zero-order valence-electron chi connectivity index (χ0n) is 14.5. The van der Waals surface area contributed by atoms with Crippen LogP contribution in [0, 0.1) is 0 Å². The van der Waals surface area contributed by atoms with E-state index in [2.05, 4.69) is 5.32 Å². The molecule has 0 heterocycles. The molecule has 150 valence electrons. The van der Waals surface area contributed by atoms with Crippen molar-refractivity contribution in [1.29, 1.82) is 0 Å². The van der Waals surface area contributed by atoms with Crippen LogP contribution in [-0.4, -0.2) is 34.8 Å². The van der Waals surface area contributed by atoms with Crippen LogP contribution >= 0.6 is 0 Å². The van der Waals surface area contributed by atoms with E-state index in [4.69, 9.17) is 15.0 Å². The monoisotopic (exact) mass is 427 g/mol. The van der Waals surface area contributed by atoms with E-state index in [1.54, 1.807) is 0 Å². The first-order valence-corrected chi connectivity index (χ1v) is 10.7. The Morgan fingerprint density at radius 1 is 0.929 bits per heavy atom. The predicted octanol–water partition coefficient (Wildman–Crippen LogP) is 0.165. The Morgan fingerprint density at radius 2 is 1.50 bits per heavy atom. The van der Waals surface area contributed by atoms with Crippen LogP contribution in [0.4, 0.5) is 5.69 Å². The Hall–Kier alpha value is -2.80. The molecular weight excluding hydrogens is 410 g/mol. The molecule has 10 nitrogen and oxygen atoms in total. The van der Waals surface area contributed by atoms with Crippen molar-refractivity contribution in [3.05, 3.63) is 54.1 Å². The quantitative estimate of drug-likeness (QED) is 0.550. The minimum Gasteiger partial charge on any atom is -0.449 e. The number of ether oxygens (including phenoxy) is 1. The topological polar surface area (TPSA) is 176 Å². The SMILES string of the molecule is CC(OC(=O)c1ccc(S(N)(=O)=O)cc1)C(=O)Nc1cccc(S(N)(=O)=O)c1. The average molecular weight is 427 g/mol. The van der Waals surface area contributed by atoms with E-state index in [0.717, 1.165) is 18.2 Å². The van der Waals surface area contributed by atoms with E-state index in [1.807, 2.05) is 0 Å². The highest BCUT2D eigenvalue weighted by Crippen LogP contribution is 2.15. The Bertz CT molecular complexity index is 1110. The molecule has 0 fully saturated rings. The van der Waals surface area contributed by atoms with E-state index in [-0.39, 0.29) is 21.0 Å². The first-order valence-electron chi connectivity index (χ1n) is 7.65. The summed E-state index contributed by atoms with van der Waals surface area (Å²) in [6.07, 6.45) is -1.22. The molecule has 0 aliphatic rings. The van der Waals surface area contributed by atoms with Gasteiger partial charge in [0.05, 0.1) is 15.4 Å². The maximum absolute atomic E-state index is 12.2. The van der Waals surface area contributed by atoms with Crippen LogP contribution in [0.15, 0.2) is 58.3 Å². The van der Waals surface area contributed by atoms with Crippen LogP contribution < -0.4 is 15.6 Å². The summed E-state index contributed by atoms with van der Waals surface area (Å²) >= 11 is 0. The minimum atomic E-state index is -3.94. The van der Waals surface area contributed by atoms with Gasteiger partial charge < -0.3 is 10.1 Å². The number of benzene rings is 2. The molecule has 0 aromatic heterocycles. The summed E-state index contributed by atoms with van der Waals surface area (Å²) in [5, 5.41) is 12.4. The average Bonchev–Trinajstić information content (AvgIpc) is 2.60. The smallest absolute Gasteiger partial charge is 0.338 e. The lowest BCUT2D eigenvalue weighted by Gasteiger charge is -2.14. The Labute approximate surface area is 161 Å². The fourth-order valence-electron chi connectivity index (χ4n) is 2.06. The predicted molar refractivity (Wildman–Crippen MR) is 99.1 cm³/mol. The number of carbonyl (C=O) groups is 2. The van der Waals surface area contributed by atoms with Gasteiger partial charge in [-0.05, 0) is 49.4 Å². The molecule has 1 amide bonds. The summed E-state index contributed by atoms with van der Waals surface area (Å²) in [5.41, 5.74) is 0.167. The van der Waals surface area contributed by atoms with Crippen LogP contribution in [0.2, 0.25) is 0 Å². The number of hydrogen-bond donors (Lipinski definition) is 3. The number of nitrogens with two attached hydrogens (primary N) is 2. The molecular formula is C16H17N3O7S2. The largest absolute Gasteiger partial charge is 0.449 e. The fourth-order valence-corrected chi connectivity index (χ4v) is 3.13. The molecule has 1 atom stereocenters. The van der Waals surface area contributed by atoms with Crippen LogP contribution in [0.25, 0.3) is 0 Å². The normalized spacial score (nSPS) is 12.8. The highest BCUT2D eigenvalue weighted by atomic mass is 32.2. The van der Waals surface area contributed by atoms with E-state index >= 15 is 0 Å². The van der Waals surface area contributed by atoms with Gasteiger partial charge in [0.15, 0.2) is 6.10 Å². The molecule has 0 spiro atoms. The maximum Gasteiger partial charge on any atom is 0.338 e. The Balaban J connectivity index is 2.05. The third kappa shape index (κ3) is 5.60. The van der Waals surface area contributed by atoms with Gasteiger partial charge in [0, 0.05) is 5.69 Å². The van der Waals surface area contributed by atoms with Gasteiger partial charge in [-0.15, -0.1) is 0 Å². The molecule has 0 aliphatic carbocycles. The second-order valence-corrected chi connectivity index (χ2v) is 8.80. The number of amides is 1. The number of anilines is 1. The molecule has 2 aromatic carbocycles. The zero-order chi connectivity index (χ0) is 21.1. The molecule has 0 radical (unpaired) electrons. The first-order chi connectivity index (χ1) is 12.9. The Kier molecular flexibility index (Phi) is 6.19. The number of hydrogen-bond acceptors (Lipinski definition) is 7. The molecule has 0 saturated heterocycles. The number of primary sulfonamides is 2. The number of esters is 1. The van der Waals surface area contributed by atoms with Crippen molar-refractivity contribution < 1.29 is 31.2 Å². The van der Waals surface area contributed by atoms with Gasteiger partial charge in [-0.25, -0.2) is 31.9 Å². The third-order valence-electron chi connectivity index (χ3n) is 3.50.